The highest BCUT2D eigenvalue weighted by atomic mass is 19.1. The Labute approximate surface area is 161 Å². The summed E-state index contributed by atoms with van der Waals surface area (Å²) in [6.07, 6.45) is 5.77. The average molecular weight is 383 g/mol. The van der Waals surface area contributed by atoms with Crippen molar-refractivity contribution in [2.45, 2.75) is 51.6 Å². The van der Waals surface area contributed by atoms with E-state index in [1.54, 1.807) is 12.1 Å². The van der Waals surface area contributed by atoms with Crippen LogP contribution in [0.4, 0.5) is 10.2 Å². The Morgan fingerprint density at radius 3 is 2.82 bits per heavy atom. The normalized spacial score (nSPS) is 14.9. The van der Waals surface area contributed by atoms with Gasteiger partial charge in [-0.3, -0.25) is 4.79 Å². The number of hydrogen-bond acceptors (Lipinski definition) is 5. The molecule has 0 unspecified atom stereocenters. The van der Waals surface area contributed by atoms with E-state index in [1.807, 2.05) is 17.7 Å². The van der Waals surface area contributed by atoms with E-state index in [9.17, 15) is 9.18 Å². The van der Waals surface area contributed by atoms with Crippen molar-refractivity contribution in [3.8, 4) is 11.4 Å². The second-order valence-corrected chi connectivity index (χ2v) is 7.11. The molecule has 28 heavy (non-hydrogen) atoms. The van der Waals surface area contributed by atoms with E-state index in [0.717, 1.165) is 18.5 Å². The summed E-state index contributed by atoms with van der Waals surface area (Å²) < 4.78 is 15.3. The number of carbonyl (C=O) groups excluding carboxylic acids is 1. The maximum Gasteiger partial charge on any atom is 0.249 e. The van der Waals surface area contributed by atoms with Crippen LogP contribution in [-0.4, -0.2) is 35.9 Å². The molecule has 0 aliphatic heterocycles. The third-order valence-corrected chi connectivity index (χ3v) is 4.87. The largest absolute Gasteiger partial charge is 0.309 e. The number of nitrogens with zero attached hydrogens (tertiary/aromatic N) is 6. The summed E-state index contributed by atoms with van der Waals surface area (Å²) in [4.78, 5) is 13.7. The molecular weight excluding hydrogens is 361 g/mol. The lowest BCUT2D eigenvalue weighted by molar-refractivity contribution is -0.117. The van der Waals surface area contributed by atoms with Crippen LogP contribution in [0.1, 0.15) is 43.8 Å². The number of anilines is 1. The Balaban J connectivity index is 1.44. The standard InChI is InChI=1S/C19H22FN7O/c1-13-10-17(27(23-13)16-8-3-2-4-9-16)21-18(28)12-26-24-19(22-25-26)14-6-5-7-15(20)11-14/h5-7,10-11,16H,2-4,8-9,12H2,1H3,(H,21,28). The fourth-order valence-electron chi connectivity index (χ4n) is 3.58. The SMILES string of the molecule is Cc1cc(NC(=O)Cn2nnc(-c3cccc(F)c3)n2)n(C2CCCCC2)n1. The first-order chi connectivity index (χ1) is 13.6. The molecule has 1 fully saturated rings. The van der Waals surface area contributed by atoms with Gasteiger partial charge in [0.05, 0.1) is 11.7 Å². The number of amides is 1. The lowest BCUT2D eigenvalue weighted by Crippen LogP contribution is -2.24. The number of halogens is 1. The van der Waals surface area contributed by atoms with Gasteiger partial charge in [0.2, 0.25) is 11.7 Å². The molecule has 0 atom stereocenters. The van der Waals surface area contributed by atoms with Crippen LogP contribution in [0.3, 0.4) is 0 Å². The molecular formula is C19H22FN7O. The van der Waals surface area contributed by atoms with E-state index in [-0.39, 0.29) is 24.1 Å². The van der Waals surface area contributed by atoms with E-state index in [2.05, 4.69) is 25.8 Å². The van der Waals surface area contributed by atoms with Crippen molar-refractivity contribution in [2.24, 2.45) is 0 Å². The zero-order valence-corrected chi connectivity index (χ0v) is 15.7. The van der Waals surface area contributed by atoms with Crippen molar-refractivity contribution in [2.75, 3.05) is 5.32 Å². The highest BCUT2D eigenvalue weighted by Gasteiger charge is 2.20. The minimum absolute atomic E-state index is 0.0861. The Morgan fingerprint density at radius 1 is 1.21 bits per heavy atom. The summed E-state index contributed by atoms with van der Waals surface area (Å²) in [7, 11) is 0. The number of benzene rings is 1. The van der Waals surface area contributed by atoms with Gasteiger partial charge in [-0.15, -0.1) is 10.2 Å². The molecule has 0 spiro atoms. The van der Waals surface area contributed by atoms with Crippen LogP contribution in [0.2, 0.25) is 0 Å². The van der Waals surface area contributed by atoms with E-state index < -0.39 is 0 Å². The monoisotopic (exact) mass is 383 g/mol. The average Bonchev–Trinajstić information content (AvgIpc) is 3.29. The first-order valence-corrected chi connectivity index (χ1v) is 9.48. The maximum atomic E-state index is 13.4. The summed E-state index contributed by atoms with van der Waals surface area (Å²) in [6.45, 7) is 1.83. The zero-order valence-electron chi connectivity index (χ0n) is 15.7. The number of aryl methyl sites for hydroxylation is 1. The van der Waals surface area contributed by atoms with Crippen LogP contribution in [0.5, 0.6) is 0 Å². The zero-order chi connectivity index (χ0) is 19.5. The summed E-state index contributed by atoms with van der Waals surface area (Å²) >= 11 is 0. The third-order valence-electron chi connectivity index (χ3n) is 4.87. The summed E-state index contributed by atoms with van der Waals surface area (Å²) in [5.74, 6) is 0.327. The third kappa shape index (κ3) is 4.08. The number of hydrogen-bond donors (Lipinski definition) is 1. The molecule has 0 saturated heterocycles. The number of carbonyl (C=O) groups is 1. The molecule has 1 aromatic carbocycles. The highest BCUT2D eigenvalue weighted by Crippen LogP contribution is 2.30. The molecule has 4 rings (SSSR count). The van der Waals surface area contributed by atoms with Gasteiger partial charge in [0, 0.05) is 11.6 Å². The van der Waals surface area contributed by atoms with Crippen molar-refractivity contribution < 1.29 is 9.18 Å². The fourth-order valence-corrected chi connectivity index (χ4v) is 3.58. The Kier molecular flexibility index (Phi) is 5.14. The molecule has 146 valence electrons. The van der Waals surface area contributed by atoms with Crippen LogP contribution in [0.25, 0.3) is 11.4 Å². The van der Waals surface area contributed by atoms with Gasteiger partial charge in [-0.05, 0) is 37.1 Å². The van der Waals surface area contributed by atoms with E-state index in [0.29, 0.717) is 17.4 Å². The summed E-state index contributed by atoms with van der Waals surface area (Å²) in [6, 6.07) is 8.13. The fraction of sp³-hybridized carbons (Fsp3) is 0.421. The molecule has 1 aliphatic rings. The van der Waals surface area contributed by atoms with Gasteiger partial charge in [0.25, 0.3) is 0 Å². The molecule has 1 aliphatic carbocycles. The van der Waals surface area contributed by atoms with Gasteiger partial charge < -0.3 is 5.32 Å². The van der Waals surface area contributed by atoms with Crippen molar-refractivity contribution in [3.63, 3.8) is 0 Å². The quantitative estimate of drug-likeness (QED) is 0.731. The maximum absolute atomic E-state index is 13.4. The first kappa shape index (κ1) is 18.3. The van der Waals surface area contributed by atoms with Crippen molar-refractivity contribution in [1.29, 1.82) is 0 Å². The van der Waals surface area contributed by atoms with Gasteiger partial charge in [-0.1, -0.05) is 31.4 Å². The van der Waals surface area contributed by atoms with Crippen LogP contribution >= 0.6 is 0 Å². The van der Waals surface area contributed by atoms with E-state index in [1.165, 1.54) is 36.2 Å². The van der Waals surface area contributed by atoms with Crippen LogP contribution in [-0.2, 0) is 11.3 Å². The first-order valence-electron chi connectivity index (χ1n) is 9.48. The minimum atomic E-state index is -0.377. The molecule has 1 N–H and O–H groups in total. The number of aromatic nitrogens is 6. The second-order valence-electron chi connectivity index (χ2n) is 7.11. The Morgan fingerprint density at radius 2 is 2.04 bits per heavy atom. The highest BCUT2D eigenvalue weighted by molar-refractivity contribution is 5.89. The van der Waals surface area contributed by atoms with Gasteiger partial charge >= 0.3 is 0 Å². The molecule has 3 aromatic rings. The van der Waals surface area contributed by atoms with Crippen molar-refractivity contribution >= 4 is 11.7 Å². The van der Waals surface area contributed by atoms with E-state index >= 15 is 0 Å². The number of rotatable bonds is 5. The Hall–Kier alpha value is -3.10. The summed E-state index contributed by atoms with van der Waals surface area (Å²) in [5, 5.41) is 19.4. The molecule has 8 nitrogen and oxygen atoms in total. The summed E-state index contributed by atoms with van der Waals surface area (Å²) in [5.41, 5.74) is 1.38. The second kappa shape index (κ2) is 7.87. The smallest absolute Gasteiger partial charge is 0.249 e. The number of nitrogens with one attached hydrogen (secondary N) is 1. The van der Waals surface area contributed by atoms with E-state index in [4.69, 9.17) is 0 Å². The van der Waals surface area contributed by atoms with Gasteiger partial charge in [0.1, 0.15) is 18.2 Å². The van der Waals surface area contributed by atoms with Gasteiger partial charge in [-0.2, -0.15) is 9.90 Å². The predicted molar refractivity (Wildman–Crippen MR) is 101 cm³/mol. The number of tetrazole rings is 1. The molecule has 0 bridgehead atoms. The van der Waals surface area contributed by atoms with Gasteiger partial charge in [-0.25, -0.2) is 9.07 Å². The lowest BCUT2D eigenvalue weighted by Gasteiger charge is -2.23. The van der Waals surface area contributed by atoms with Crippen LogP contribution < -0.4 is 5.32 Å². The van der Waals surface area contributed by atoms with Crippen molar-refractivity contribution in [3.05, 3.63) is 41.8 Å². The molecule has 2 aromatic heterocycles. The van der Waals surface area contributed by atoms with Crippen LogP contribution in [0, 0.1) is 12.7 Å². The van der Waals surface area contributed by atoms with Crippen LogP contribution in [0.15, 0.2) is 30.3 Å². The molecule has 2 heterocycles. The van der Waals surface area contributed by atoms with Gasteiger partial charge in [0.15, 0.2) is 0 Å². The minimum Gasteiger partial charge on any atom is -0.309 e. The molecule has 1 amide bonds. The van der Waals surface area contributed by atoms with Crippen molar-refractivity contribution in [1.82, 2.24) is 30.0 Å². The lowest BCUT2D eigenvalue weighted by atomic mass is 9.96. The molecule has 1 saturated carbocycles. The molecule has 9 heteroatoms. The predicted octanol–water partition coefficient (Wildman–Crippen LogP) is 3.13. The topological polar surface area (TPSA) is 90.5 Å². The Bertz CT molecular complexity index is 974. The molecule has 0 radical (unpaired) electrons.